The molecule has 3 aromatic carbocycles. The van der Waals surface area contributed by atoms with Crippen LogP contribution in [0.2, 0.25) is 0 Å². The van der Waals surface area contributed by atoms with Crippen molar-refractivity contribution in [3.63, 3.8) is 0 Å². The Labute approximate surface area is 172 Å². The summed E-state index contributed by atoms with van der Waals surface area (Å²) in [6.07, 6.45) is 2.90. The molecule has 1 heterocycles. The molecule has 0 aliphatic heterocycles. The lowest BCUT2D eigenvalue weighted by molar-refractivity contribution is 0.0999. The summed E-state index contributed by atoms with van der Waals surface area (Å²) in [4.78, 5) is 18.1. The molecule has 0 N–H and O–H groups in total. The summed E-state index contributed by atoms with van der Waals surface area (Å²) >= 11 is 1.29. The highest BCUT2D eigenvalue weighted by atomic mass is 32.2. The van der Waals surface area contributed by atoms with Gasteiger partial charge in [0.2, 0.25) is 0 Å². The maximum atomic E-state index is 13.0. The summed E-state index contributed by atoms with van der Waals surface area (Å²) in [6, 6.07) is 18.2. The average Bonchev–Trinajstić information content (AvgIpc) is 3.03. The molecule has 0 unspecified atom stereocenters. The number of sulfone groups is 1. The lowest BCUT2D eigenvalue weighted by Gasteiger charge is -2.03. The number of thiazole rings is 1. The van der Waals surface area contributed by atoms with Gasteiger partial charge in [0, 0.05) is 18.4 Å². The molecule has 146 valence electrons. The Kier molecular flexibility index (Phi) is 4.94. The van der Waals surface area contributed by atoms with Crippen LogP contribution in [0.15, 0.2) is 83.2 Å². The molecule has 4 rings (SSSR count). The molecular formula is C22H18N2O3S2. The van der Waals surface area contributed by atoms with Crippen molar-refractivity contribution in [2.75, 3.05) is 6.26 Å². The highest BCUT2D eigenvalue weighted by Gasteiger charge is 2.14. The minimum atomic E-state index is -3.32. The van der Waals surface area contributed by atoms with Crippen molar-refractivity contribution in [1.29, 1.82) is 0 Å². The normalized spacial score (nSPS) is 12.5. The van der Waals surface area contributed by atoms with Gasteiger partial charge in [-0.3, -0.25) is 4.79 Å². The van der Waals surface area contributed by atoms with Gasteiger partial charge in [-0.2, -0.15) is 4.99 Å². The topological polar surface area (TPSA) is 68.5 Å². The van der Waals surface area contributed by atoms with Crippen molar-refractivity contribution in [2.45, 2.75) is 11.4 Å². The van der Waals surface area contributed by atoms with Gasteiger partial charge in [-0.15, -0.1) is 6.58 Å². The first-order valence-corrected chi connectivity index (χ1v) is 11.6. The van der Waals surface area contributed by atoms with Crippen molar-refractivity contribution in [2.24, 2.45) is 4.99 Å². The largest absolute Gasteiger partial charge is 0.312 e. The van der Waals surface area contributed by atoms with E-state index in [1.807, 2.05) is 41.0 Å². The van der Waals surface area contributed by atoms with Crippen molar-refractivity contribution in [3.8, 4) is 0 Å². The SMILES string of the molecule is C=CCn1c(=NC(=O)c2cccc3ccccc23)sc2cc(S(C)(=O)=O)ccc21. The molecule has 0 bridgehead atoms. The third-order valence-electron chi connectivity index (χ3n) is 4.61. The molecule has 7 heteroatoms. The standard InChI is InChI=1S/C22H18N2O3S2/c1-3-13-24-19-12-11-16(29(2,26)27)14-20(19)28-22(24)23-21(25)18-10-6-8-15-7-4-5-9-17(15)18/h3-12,14H,1,13H2,2H3. The summed E-state index contributed by atoms with van der Waals surface area (Å²) in [5.41, 5.74) is 1.34. The van der Waals surface area contributed by atoms with Gasteiger partial charge in [0.05, 0.1) is 15.1 Å². The van der Waals surface area contributed by atoms with E-state index in [2.05, 4.69) is 11.6 Å². The molecule has 4 aromatic rings. The van der Waals surface area contributed by atoms with Crippen molar-refractivity contribution in [3.05, 3.63) is 83.7 Å². The Morgan fingerprint density at radius 3 is 2.66 bits per heavy atom. The first-order chi connectivity index (χ1) is 13.9. The van der Waals surface area contributed by atoms with E-state index in [9.17, 15) is 13.2 Å². The Hall–Kier alpha value is -3.03. The fourth-order valence-corrected chi connectivity index (χ4v) is 5.03. The van der Waals surface area contributed by atoms with Crippen LogP contribution >= 0.6 is 11.3 Å². The Morgan fingerprint density at radius 1 is 1.14 bits per heavy atom. The number of fused-ring (bicyclic) bond motifs is 2. The molecule has 0 saturated heterocycles. The molecule has 29 heavy (non-hydrogen) atoms. The zero-order chi connectivity index (χ0) is 20.6. The summed E-state index contributed by atoms with van der Waals surface area (Å²) in [5.74, 6) is -0.338. The number of nitrogens with zero attached hydrogens (tertiary/aromatic N) is 2. The zero-order valence-electron chi connectivity index (χ0n) is 15.7. The number of carbonyl (C=O) groups is 1. The quantitative estimate of drug-likeness (QED) is 0.463. The molecule has 0 radical (unpaired) electrons. The predicted molar refractivity (Wildman–Crippen MR) is 117 cm³/mol. The number of rotatable bonds is 4. The third-order valence-corrected chi connectivity index (χ3v) is 6.76. The minimum absolute atomic E-state index is 0.240. The molecule has 0 spiro atoms. The maximum Gasteiger partial charge on any atom is 0.280 e. The first-order valence-electron chi connectivity index (χ1n) is 8.89. The van der Waals surface area contributed by atoms with E-state index in [1.54, 1.807) is 30.3 Å². The third kappa shape index (κ3) is 3.66. The van der Waals surface area contributed by atoms with E-state index in [4.69, 9.17) is 0 Å². The van der Waals surface area contributed by atoms with Crippen LogP contribution in [0.1, 0.15) is 10.4 Å². The molecule has 0 fully saturated rings. The van der Waals surface area contributed by atoms with E-state index in [0.717, 1.165) is 21.0 Å². The van der Waals surface area contributed by atoms with Gasteiger partial charge in [0.15, 0.2) is 14.6 Å². The fourth-order valence-electron chi connectivity index (χ4n) is 3.23. The molecule has 1 amide bonds. The number of carbonyl (C=O) groups excluding carboxylic acids is 1. The van der Waals surface area contributed by atoms with Crippen LogP contribution < -0.4 is 4.80 Å². The second kappa shape index (κ2) is 7.42. The summed E-state index contributed by atoms with van der Waals surface area (Å²) in [6.45, 7) is 4.24. The first kappa shape index (κ1) is 19.3. The second-order valence-corrected chi connectivity index (χ2v) is 9.65. The van der Waals surface area contributed by atoms with Gasteiger partial charge in [-0.25, -0.2) is 8.42 Å². The van der Waals surface area contributed by atoms with Crippen LogP contribution in [0.4, 0.5) is 0 Å². The number of benzene rings is 3. The van der Waals surface area contributed by atoms with E-state index in [1.165, 1.54) is 17.6 Å². The summed E-state index contributed by atoms with van der Waals surface area (Å²) in [7, 11) is -3.32. The number of hydrogen-bond acceptors (Lipinski definition) is 4. The molecule has 0 saturated carbocycles. The van der Waals surface area contributed by atoms with Gasteiger partial charge >= 0.3 is 0 Å². The molecule has 0 aliphatic rings. The molecule has 0 atom stereocenters. The van der Waals surface area contributed by atoms with Gasteiger partial charge in [0.25, 0.3) is 5.91 Å². The fraction of sp³-hybridized carbons (Fsp3) is 0.0909. The van der Waals surface area contributed by atoms with Crippen LogP contribution in [0, 0.1) is 0 Å². The highest BCUT2D eigenvalue weighted by molar-refractivity contribution is 7.90. The number of allylic oxidation sites excluding steroid dienone is 1. The molecular weight excluding hydrogens is 404 g/mol. The summed E-state index contributed by atoms with van der Waals surface area (Å²) < 4.78 is 26.4. The van der Waals surface area contributed by atoms with Gasteiger partial charge in [0.1, 0.15) is 0 Å². The lowest BCUT2D eigenvalue weighted by Crippen LogP contribution is -2.16. The number of hydrogen-bond donors (Lipinski definition) is 0. The van der Waals surface area contributed by atoms with Gasteiger partial charge in [-0.1, -0.05) is 53.8 Å². The predicted octanol–water partition coefficient (Wildman–Crippen LogP) is 4.19. The average molecular weight is 423 g/mol. The maximum absolute atomic E-state index is 13.0. The van der Waals surface area contributed by atoms with Crippen LogP contribution in [-0.4, -0.2) is 25.1 Å². The summed E-state index contributed by atoms with van der Waals surface area (Å²) in [5, 5.41) is 1.82. The van der Waals surface area contributed by atoms with Crippen molar-refractivity contribution >= 4 is 48.1 Å². The molecule has 1 aromatic heterocycles. The highest BCUT2D eigenvalue weighted by Crippen LogP contribution is 2.23. The zero-order valence-corrected chi connectivity index (χ0v) is 17.3. The molecule has 0 aliphatic carbocycles. The number of amides is 1. The van der Waals surface area contributed by atoms with Gasteiger partial charge < -0.3 is 4.57 Å². The minimum Gasteiger partial charge on any atom is -0.312 e. The number of aromatic nitrogens is 1. The van der Waals surface area contributed by atoms with Crippen molar-refractivity contribution < 1.29 is 13.2 Å². The Balaban J connectivity index is 1.91. The lowest BCUT2D eigenvalue weighted by atomic mass is 10.0. The van der Waals surface area contributed by atoms with Crippen LogP contribution in [-0.2, 0) is 16.4 Å². The smallest absolute Gasteiger partial charge is 0.280 e. The van der Waals surface area contributed by atoms with Crippen LogP contribution in [0.3, 0.4) is 0 Å². The van der Waals surface area contributed by atoms with E-state index in [-0.39, 0.29) is 10.8 Å². The monoisotopic (exact) mass is 422 g/mol. The van der Waals surface area contributed by atoms with Crippen LogP contribution in [0.5, 0.6) is 0 Å². The van der Waals surface area contributed by atoms with E-state index in [0.29, 0.717) is 16.9 Å². The van der Waals surface area contributed by atoms with E-state index < -0.39 is 9.84 Å². The Morgan fingerprint density at radius 2 is 1.90 bits per heavy atom. The molecule has 5 nitrogen and oxygen atoms in total. The van der Waals surface area contributed by atoms with Crippen molar-refractivity contribution in [1.82, 2.24) is 4.57 Å². The second-order valence-electron chi connectivity index (χ2n) is 6.63. The van der Waals surface area contributed by atoms with Gasteiger partial charge in [-0.05, 0) is 35.0 Å². The van der Waals surface area contributed by atoms with E-state index >= 15 is 0 Å². The van der Waals surface area contributed by atoms with Crippen LogP contribution in [0.25, 0.3) is 21.0 Å². The Bertz CT molecular complexity index is 1440.